The molecule has 3 rings (SSSR count). The molecule has 3 aromatic rings. The highest BCUT2D eigenvalue weighted by molar-refractivity contribution is 7.92. The Morgan fingerprint density at radius 3 is 2.16 bits per heavy atom. The molecule has 0 saturated carbocycles. The van der Waals surface area contributed by atoms with Crippen LogP contribution in [0.1, 0.15) is 30.0 Å². The summed E-state index contributed by atoms with van der Waals surface area (Å²) in [6.45, 7) is 5.03. The third-order valence-corrected chi connectivity index (χ3v) is 8.35. The number of nitrogens with zero attached hydrogens (tertiary/aromatic N) is 2. The highest BCUT2D eigenvalue weighted by Gasteiger charge is 2.34. The monoisotopic (exact) mass is 541 g/mol. The lowest BCUT2D eigenvalue weighted by Crippen LogP contribution is -2.51. The summed E-state index contributed by atoms with van der Waals surface area (Å²) < 4.78 is 28.8. The molecule has 0 unspecified atom stereocenters. The molecule has 0 fully saturated rings. The Bertz CT molecular complexity index is 1360. The maximum Gasteiger partial charge on any atom is 0.264 e. The van der Waals surface area contributed by atoms with Crippen molar-refractivity contribution in [3.8, 4) is 0 Å². The number of likely N-dealkylation sites (N-methyl/N-ethyl adjacent to an activating group) is 1. The van der Waals surface area contributed by atoms with E-state index in [0.717, 1.165) is 9.87 Å². The van der Waals surface area contributed by atoms with Crippen LogP contribution in [0.5, 0.6) is 0 Å². The van der Waals surface area contributed by atoms with Crippen LogP contribution in [0.3, 0.4) is 0 Å². The van der Waals surface area contributed by atoms with Crippen LogP contribution in [0.25, 0.3) is 0 Å². The van der Waals surface area contributed by atoms with Gasteiger partial charge in [0.25, 0.3) is 10.0 Å². The zero-order valence-electron chi connectivity index (χ0n) is 21.4. The molecular formula is C28H32ClN3O4S. The van der Waals surface area contributed by atoms with Gasteiger partial charge in [0.2, 0.25) is 11.8 Å². The minimum absolute atomic E-state index is 0.0522. The summed E-state index contributed by atoms with van der Waals surface area (Å²) in [5.74, 6) is -0.860. The molecule has 0 radical (unpaired) electrons. The van der Waals surface area contributed by atoms with Crippen molar-refractivity contribution in [3.05, 3.63) is 94.5 Å². The molecule has 7 nitrogen and oxygen atoms in total. The van der Waals surface area contributed by atoms with Crippen LogP contribution in [-0.4, -0.2) is 44.8 Å². The van der Waals surface area contributed by atoms with Gasteiger partial charge in [-0.15, -0.1) is 0 Å². The van der Waals surface area contributed by atoms with Crippen LogP contribution in [0.2, 0.25) is 5.02 Å². The first-order chi connectivity index (χ1) is 17.6. The molecule has 0 bridgehead atoms. The largest absolute Gasteiger partial charge is 0.357 e. The molecule has 3 aromatic carbocycles. The second-order valence-corrected chi connectivity index (χ2v) is 11.0. The first-order valence-corrected chi connectivity index (χ1v) is 13.8. The van der Waals surface area contributed by atoms with Crippen LogP contribution < -0.4 is 9.62 Å². The van der Waals surface area contributed by atoms with Crippen molar-refractivity contribution in [2.75, 3.05) is 17.9 Å². The number of carbonyl (C=O) groups is 2. The van der Waals surface area contributed by atoms with Crippen LogP contribution in [0.15, 0.2) is 77.7 Å². The summed E-state index contributed by atoms with van der Waals surface area (Å²) in [6.07, 6.45) is 0.338. The van der Waals surface area contributed by atoms with Crippen LogP contribution in [-0.2, 0) is 26.2 Å². The second-order valence-electron chi connectivity index (χ2n) is 8.76. The molecule has 1 atom stereocenters. The van der Waals surface area contributed by atoms with Crippen LogP contribution in [0.4, 0.5) is 5.69 Å². The van der Waals surface area contributed by atoms with Gasteiger partial charge in [0.1, 0.15) is 12.6 Å². The molecule has 0 aliphatic carbocycles. The number of aryl methyl sites for hydroxylation is 2. The zero-order valence-corrected chi connectivity index (χ0v) is 23.0. The molecular weight excluding hydrogens is 510 g/mol. The number of amides is 2. The normalized spacial score (nSPS) is 12.0. The molecule has 37 heavy (non-hydrogen) atoms. The van der Waals surface area contributed by atoms with Crippen molar-refractivity contribution in [1.29, 1.82) is 0 Å². The van der Waals surface area contributed by atoms with E-state index < -0.39 is 28.5 Å². The summed E-state index contributed by atoms with van der Waals surface area (Å²) >= 11 is 6.38. The highest BCUT2D eigenvalue weighted by Crippen LogP contribution is 2.28. The summed E-state index contributed by atoms with van der Waals surface area (Å²) in [7, 11) is -2.60. The van der Waals surface area contributed by atoms with Crippen molar-refractivity contribution in [2.45, 2.75) is 44.7 Å². The second kappa shape index (κ2) is 12.3. The number of carbonyl (C=O) groups excluding carboxylic acids is 2. The predicted molar refractivity (Wildman–Crippen MR) is 147 cm³/mol. The van der Waals surface area contributed by atoms with Crippen molar-refractivity contribution in [2.24, 2.45) is 0 Å². The summed E-state index contributed by atoms with van der Waals surface area (Å²) in [4.78, 5) is 28.1. The number of para-hydroxylation sites is 1. The summed E-state index contributed by atoms with van der Waals surface area (Å²) in [5.41, 5.74) is 2.66. The minimum Gasteiger partial charge on any atom is -0.357 e. The number of hydrogen-bond donors (Lipinski definition) is 1. The maximum atomic E-state index is 13.9. The van der Waals surface area contributed by atoms with Crippen molar-refractivity contribution < 1.29 is 18.0 Å². The van der Waals surface area contributed by atoms with Gasteiger partial charge in [0, 0.05) is 18.6 Å². The lowest BCUT2D eigenvalue weighted by Gasteiger charge is -2.33. The number of halogens is 1. The average molecular weight is 542 g/mol. The summed E-state index contributed by atoms with van der Waals surface area (Å²) in [6, 6.07) is 19.7. The van der Waals surface area contributed by atoms with E-state index in [1.54, 1.807) is 74.5 Å². The number of sulfonamides is 1. The van der Waals surface area contributed by atoms with Gasteiger partial charge in [-0.2, -0.15) is 0 Å². The molecule has 196 valence electrons. The number of nitrogens with one attached hydrogen (secondary N) is 1. The number of hydrogen-bond acceptors (Lipinski definition) is 4. The molecule has 0 heterocycles. The third-order valence-electron chi connectivity index (χ3n) is 6.20. The van der Waals surface area contributed by atoms with E-state index in [1.807, 2.05) is 6.92 Å². The molecule has 2 amide bonds. The van der Waals surface area contributed by atoms with Crippen molar-refractivity contribution in [3.63, 3.8) is 0 Å². The molecule has 1 N–H and O–H groups in total. The Balaban J connectivity index is 2.08. The Hall–Kier alpha value is -3.36. The van der Waals surface area contributed by atoms with Crippen molar-refractivity contribution >= 4 is 39.1 Å². The van der Waals surface area contributed by atoms with E-state index >= 15 is 0 Å². The Morgan fingerprint density at radius 2 is 1.57 bits per heavy atom. The number of rotatable bonds is 10. The van der Waals surface area contributed by atoms with Gasteiger partial charge >= 0.3 is 0 Å². The number of benzene rings is 3. The first-order valence-electron chi connectivity index (χ1n) is 12.0. The molecule has 0 aliphatic heterocycles. The van der Waals surface area contributed by atoms with E-state index in [4.69, 9.17) is 11.6 Å². The SMILES string of the molecule is CC[C@@H](C(=O)NC)N(Cc1ccccc1Cl)C(=O)CN(c1ccccc1C)S(=O)(=O)c1ccc(C)cc1. The fourth-order valence-corrected chi connectivity index (χ4v) is 5.76. The molecule has 0 spiro atoms. The van der Waals surface area contributed by atoms with E-state index in [0.29, 0.717) is 28.3 Å². The Kier molecular flexibility index (Phi) is 9.34. The fraction of sp³-hybridized carbons (Fsp3) is 0.286. The Morgan fingerprint density at radius 1 is 0.946 bits per heavy atom. The maximum absolute atomic E-state index is 13.9. The van der Waals surface area contributed by atoms with E-state index in [-0.39, 0.29) is 17.3 Å². The molecule has 0 saturated heterocycles. The molecule has 0 aliphatic rings. The minimum atomic E-state index is -4.10. The van der Waals surface area contributed by atoms with Gasteiger partial charge in [-0.05, 0) is 55.7 Å². The van der Waals surface area contributed by atoms with Gasteiger partial charge in [0.15, 0.2) is 0 Å². The van der Waals surface area contributed by atoms with Gasteiger partial charge < -0.3 is 10.2 Å². The topological polar surface area (TPSA) is 86.8 Å². The summed E-state index contributed by atoms with van der Waals surface area (Å²) in [5, 5.41) is 3.06. The first kappa shape index (κ1) is 28.2. The lowest BCUT2D eigenvalue weighted by atomic mass is 10.1. The van der Waals surface area contributed by atoms with Gasteiger partial charge in [-0.1, -0.05) is 72.6 Å². The van der Waals surface area contributed by atoms with Gasteiger partial charge in [-0.3, -0.25) is 13.9 Å². The highest BCUT2D eigenvalue weighted by atomic mass is 35.5. The smallest absolute Gasteiger partial charge is 0.264 e. The lowest BCUT2D eigenvalue weighted by molar-refractivity contribution is -0.140. The van der Waals surface area contributed by atoms with Crippen LogP contribution >= 0.6 is 11.6 Å². The third kappa shape index (κ3) is 6.50. The van der Waals surface area contributed by atoms with E-state index in [9.17, 15) is 18.0 Å². The van der Waals surface area contributed by atoms with E-state index in [2.05, 4.69) is 5.32 Å². The standard InChI is InChI=1S/C28H32ClN3O4S/c1-5-25(28(34)30-4)31(18-22-11-7-8-12-24(22)29)27(33)19-32(26-13-9-6-10-21(26)3)37(35,36)23-16-14-20(2)15-17-23/h6-17,25H,5,18-19H2,1-4H3,(H,30,34)/t25-/m0/s1. The van der Waals surface area contributed by atoms with Gasteiger partial charge in [-0.25, -0.2) is 8.42 Å². The molecule has 9 heteroatoms. The molecule has 0 aromatic heterocycles. The van der Waals surface area contributed by atoms with E-state index in [1.165, 1.54) is 24.1 Å². The Labute approximate surface area is 224 Å². The van der Waals surface area contributed by atoms with Crippen LogP contribution in [0, 0.1) is 13.8 Å². The quantitative estimate of drug-likeness (QED) is 0.403. The van der Waals surface area contributed by atoms with Gasteiger partial charge in [0.05, 0.1) is 10.6 Å². The van der Waals surface area contributed by atoms with Crippen molar-refractivity contribution in [1.82, 2.24) is 10.2 Å². The average Bonchev–Trinajstić information content (AvgIpc) is 2.88. The number of anilines is 1. The predicted octanol–water partition coefficient (Wildman–Crippen LogP) is 4.71. The fourth-order valence-electron chi connectivity index (χ4n) is 4.09. The zero-order chi connectivity index (χ0) is 27.2.